The lowest BCUT2D eigenvalue weighted by molar-refractivity contribution is -0.145. The van der Waals surface area contributed by atoms with Crippen molar-refractivity contribution in [2.75, 3.05) is 6.61 Å². The van der Waals surface area contributed by atoms with Crippen LogP contribution in [0.25, 0.3) is 0 Å². The number of aliphatic hydroxyl groups is 1. The molecule has 0 fully saturated rings. The van der Waals surface area contributed by atoms with E-state index in [2.05, 4.69) is 6.58 Å². The van der Waals surface area contributed by atoms with Crippen LogP contribution in [0.15, 0.2) is 36.1 Å². The number of esters is 1. The Morgan fingerprint density at radius 1 is 1.69 bits per heavy atom. The van der Waals surface area contributed by atoms with Gasteiger partial charge in [-0.15, -0.1) is 0 Å². The minimum Gasteiger partial charge on any atom is -0.508 e. The van der Waals surface area contributed by atoms with Gasteiger partial charge in [-0.2, -0.15) is 0 Å². The summed E-state index contributed by atoms with van der Waals surface area (Å²) < 4.78 is 4.81. The molecule has 0 bridgehead atoms. The van der Waals surface area contributed by atoms with Crippen molar-refractivity contribution in [3.8, 4) is 0 Å². The Kier molecular flexibility index (Phi) is 2.90. The van der Waals surface area contributed by atoms with Crippen LogP contribution in [-0.2, 0) is 9.53 Å². The number of hydrogen-bond donors (Lipinski definition) is 1. The topological polar surface area (TPSA) is 46.5 Å². The first-order valence-corrected chi connectivity index (χ1v) is 4.09. The summed E-state index contributed by atoms with van der Waals surface area (Å²) in [4.78, 5) is 11.3. The van der Waals surface area contributed by atoms with E-state index in [1.54, 1.807) is 13.0 Å². The minimum absolute atomic E-state index is 0.0745. The molecule has 0 aliphatic heterocycles. The predicted molar refractivity (Wildman–Crippen MR) is 49.1 cm³/mol. The Morgan fingerprint density at radius 3 is 3.00 bits per heavy atom. The van der Waals surface area contributed by atoms with Crippen molar-refractivity contribution < 1.29 is 14.6 Å². The van der Waals surface area contributed by atoms with Gasteiger partial charge in [0.1, 0.15) is 11.7 Å². The molecular formula is C10H12O3. The number of hydrogen-bond acceptors (Lipinski definition) is 3. The third-order valence-corrected chi connectivity index (χ3v) is 1.75. The Bertz CT molecular complexity index is 287. The Morgan fingerprint density at radius 2 is 2.38 bits per heavy atom. The molecule has 1 rings (SSSR count). The quantitative estimate of drug-likeness (QED) is 0.658. The average molecular weight is 180 g/mol. The van der Waals surface area contributed by atoms with Crippen LogP contribution in [0.5, 0.6) is 0 Å². The van der Waals surface area contributed by atoms with Crippen molar-refractivity contribution in [3.05, 3.63) is 36.1 Å². The van der Waals surface area contributed by atoms with E-state index in [1.807, 2.05) is 0 Å². The molecule has 3 heteroatoms. The summed E-state index contributed by atoms with van der Waals surface area (Å²) in [6.07, 6.45) is 4.54. The summed E-state index contributed by atoms with van der Waals surface area (Å²) in [5.74, 6) is -0.834. The lowest BCUT2D eigenvalue weighted by Gasteiger charge is -2.14. The van der Waals surface area contributed by atoms with Crippen LogP contribution < -0.4 is 0 Å². The van der Waals surface area contributed by atoms with Crippen molar-refractivity contribution in [2.45, 2.75) is 6.92 Å². The van der Waals surface area contributed by atoms with Crippen LogP contribution in [0, 0.1) is 5.92 Å². The van der Waals surface area contributed by atoms with Gasteiger partial charge in [0, 0.05) is 0 Å². The van der Waals surface area contributed by atoms with Gasteiger partial charge in [-0.3, -0.25) is 4.79 Å². The van der Waals surface area contributed by atoms with Gasteiger partial charge >= 0.3 is 5.97 Å². The maximum absolute atomic E-state index is 11.3. The van der Waals surface area contributed by atoms with Crippen LogP contribution in [0.3, 0.4) is 0 Å². The molecule has 1 atom stereocenters. The van der Waals surface area contributed by atoms with Crippen LogP contribution in [0.4, 0.5) is 0 Å². The zero-order valence-corrected chi connectivity index (χ0v) is 7.49. The van der Waals surface area contributed by atoms with Crippen molar-refractivity contribution in [3.63, 3.8) is 0 Å². The van der Waals surface area contributed by atoms with E-state index < -0.39 is 5.92 Å². The largest absolute Gasteiger partial charge is 0.508 e. The molecule has 0 aromatic rings. The van der Waals surface area contributed by atoms with Gasteiger partial charge in [0.25, 0.3) is 0 Å². The van der Waals surface area contributed by atoms with Crippen LogP contribution >= 0.6 is 0 Å². The van der Waals surface area contributed by atoms with Crippen molar-refractivity contribution in [1.82, 2.24) is 0 Å². The monoisotopic (exact) mass is 180 g/mol. The smallest absolute Gasteiger partial charge is 0.317 e. The van der Waals surface area contributed by atoms with E-state index in [1.165, 1.54) is 12.2 Å². The van der Waals surface area contributed by atoms with E-state index in [9.17, 15) is 4.79 Å². The molecule has 0 aromatic carbocycles. The summed E-state index contributed by atoms with van der Waals surface area (Å²) in [5, 5.41) is 9.14. The first-order valence-electron chi connectivity index (χ1n) is 4.09. The zero-order chi connectivity index (χ0) is 9.84. The maximum Gasteiger partial charge on any atom is 0.317 e. The summed E-state index contributed by atoms with van der Waals surface area (Å²) in [6.45, 7) is 5.76. The fourth-order valence-electron chi connectivity index (χ4n) is 1.08. The SMILES string of the molecule is C=C1C=CC(O)=CC1C(=O)OCC. The molecule has 1 aliphatic rings. The molecule has 1 unspecified atom stereocenters. The van der Waals surface area contributed by atoms with Crippen LogP contribution in [0.2, 0.25) is 0 Å². The molecule has 0 saturated heterocycles. The molecule has 3 nitrogen and oxygen atoms in total. The van der Waals surface area contributed by atoms with Gasteiger partial charge in [-0.25, -0.2) is 0 Å². The molecule has 0 saturated carbocycles. The molecule has 0 heterocycles. The lowest BCUT2D eigenvalue weighted by atomic mass is 9.95. The number of aliphatic hydroxyl groups excluding tert-OH is 1. The summed E-state index contributed by atoms with van der Waals surface area (Å²) in [7, 11) is 0. The summed E-state index contributed by atoms with van der Waals surface area (Å²) in [5.41, 5.74) is 0.635. The molecule has 0 spiro atoms. The van der Waals surface area contributed by atoms with Gasteiger partial charge in [-0.1, -0.05) is 12.7 Å². The van der Waals surface area contributed by atoms with Gasteiger partial charge in [0.15, 0.2) is 0 Å². The van der Waals surface area contributed by atoms with Gasteiger partial charge in [0.2, 0.25) is 0 Å². The Labute approximate surface area is 77.0 Å². The van der Waals surface area contributed by atoms with E-state index in [0.717, 1.165) is 0 Å². The summed E-state index contributed by atoms with van der Waals surface area (Å²) >= 11 is 0. The van der Waals surface area contributed by atoms with Crippen molar-refractivity contribution >= 4 is 5.97 Å². The minimum atomic E-state index is -0.537. The van der Waals surface area contributed by atoms with E-state index in [-0.39, 0.29) is 11.7 Å². The highest BCUT2D eigenvalue weighted by atomic mass is 16.5. The zero-order valence-electron chi connectivity index (χ0n) is 7.49. The second-order valence-corrected chi connectivity index (χ2v) is 2.73. The molecule has 0 aromatic heterocycles. The second-order valence-electron chi connectivity index (χ2n) is 2.73. The van der Waals surface area contributed by atoms with Gasteiger partial charge in [-0.05, 0) is 24.6 Å². The Balaban J connectivity index is 2.74. The second kappa shape index (κ2) is 3.94. The highest BCUT2D eigenvalue weighted by molar-refractivity contribution is 5.79. The number of ether oxygens (including phenoxy) is 1. The standard InChI is InChI=1S/C10H12O3/c1-3-13-10(12)9-6-8(11)5-4-7(9)2/h4-6,9,11H,2-3H2,1H3. The number of allylic oxidation sites excluding steroid dienone is 2. The highest BCUT2D eigenvalue weighted by Crippen LogP contribution is 2.20. The van der Waals surface area contributed by atoms with Crippen LogP contribution in [-0.4, -0.2) is 17.7 Å². The van der Waals surface area contributed by atoms with Gasteiger partial charge < -0.3 is 9.84 Å². The molecule has 1 N–H and O–H groups in total. The Hall–Kier alpha value is -1.51. The fourth-order valence-corrected chi connectivity index (χ4v) is 1.08. The first-order chi connectivity index (χ1) is 6.15. The highest BCUT2D eigenvalue weighted by Gasteiger charge is 2.21. The van der Waals surface area contributed by atoms with Crippen molar-refractivity contribution in [2.24, 2.45) is 5.92 Å². The molecule has 70 valence electrons. The third kappa shape index (κ3) is 2.21. The molecule has 13 heavy (non-hydrogen) atoms. The van der Waals surface area contributed by atoms with E-state index in [0.29, 0.717) is 12.2 Å². The fraction of sp³-hybridized carbons (Fsp3) is 0.300. The van der Waals surface area contributed by atoms with E-state index in [4.69, 9.17) is 9.84 Å². The molecule has 0 amide bonds. The summed E-state index contributed by atoms with van der Waals surface area (Å²) in [6, 6.07) is 0. The van der Waals surface area contributed by atoms with Gasteiger partial charge in [0.05, 0.1) is 6.61 Å². The molecule has 0 radical (unpaired) electrons. The number of rotatable bonds is 2. The van der Waals surface area contributed by atoms with Crippen LogP contribution in [0.1, 0.15) is 6.92 Å². The molecule has 1 aliphatic carbocycles. The first kappa shape index (κ1) is 9.58. The van der Waals surface area contributed by atoms with E-state index >= 15 is 0 Å². The normalized spacial score (nSPS) is 21.2. The van der Waals surface area contributed by atoms with Crippen molar-refractivity contribution in [1.29, 1.82) is 0 Å². The number of carbonyl (C=O) groups is 1. The average Bonchev–Trinajstić information content (AvgIpc) is 2.09. The molecular weight excluding hydrogens is 168 g/mol. The predicted octanol–water partition coefficient (Wildman–Crippen LogP) is 1.73. The number of carbonyl (C=O) groups excluding carboxylic acids is 1. The third-order valence-electron chi connectivity index (χ3n) is 1.75. The lowest BCUT2D eigenvalue weighted by Crippen LogP contribution is -2.18. The maximum atomic E-state index is 11.3.